The highest BCUT2D eigenvalue weighted by Crippen LogP contribution is 2.28. The highest BCUT2D eigenvalue weighted by atomic mass is 35.5. The van der Waals surface area contributed by atoms with E-state index in [0.717, 1.165) is 0 Å². The van der Waals surface area contributed by atoms with Gasteiger partial charge in [0.2, 0.25) is 0 Å². The standard InChI is InChI=1S/C16H13Cl2FO2/c1-9-2-3-10(7-15(9)19)13(16(20)21)6-11-4-5-12(17)8-14(11)18/h2-5,7-8,13H,6H2,1H3,(H,20,21). The molecule has 2 rings (SSSR count). The summed E-state index contributed by atoms with van der Waals surface area (Å²) in [5.74, 6) is -2.30. The van der Waals surface area contributed by atoms with Crippen LogP contribution in [0.25, 0.3) is 0 Å². The second-order valence-corrected chi connectivity index (χ2v) is 5.68. The lowest BCUT2D eigenvalue weighted by atomic mass is 9.91. The smallest absolute Gasteiger partial charge is 0.311 e. The molecule has 1 N–H and O–H groups in total. The number of aryl methyl sites for hydroxylation is 1. The molecule has 0 saturated heterocycles. The fraction of sp³-hybridized carbons (Fsp3) is 0.188. The summed E-state index contributed by atoms with van der Waals surface area (Å²) in [6.07, 6.45) is 0.174. The van der Waals surface area contributed by atoms with Gasteiger partial charge in [-0.05, 0) is 48.2 Å². The first kappa shape index (κ1) is 15.8. The van der Waals surface area contributed by atoms with Crippen LogP contribution in [0.3, 0.4) is 0 Å². The first-order valence-corrected chi connectivity index (χ1v) is 7.07. The Kier molecular flexibility index (Phi) is 4.86. The van der Waals surface area contributed by atoms with Gasteiger partial charge < -0.3 is 5.11 Å². The topological polar surface area (TPSA) is 37.3 Å². The number of carbonyl (C=O) groups is 1. The van der Waals surface area contributed by atoms with Crippen LogP contribution in [0.15, 0.2) is 36.4 Å². The number of rotatable bonds is 4. The van der Waals surface area contributed by atoms with Crippen LogP contribution >= 0.6 is 23.2 Å². The second-order valence-electron chi connectivity index (χ2n) is 4.84. The van der Waals surface area contributed by atoms with Crippen LogP contribution in [-0.4, -0.2) is 11.1 Å². The first-order chi connectivity index (χ1) is 9.88. The molecule has 2 nitrogen and oxygen atoms in total. The van der Waals surface area contributed by atoms with Crippen molar-refractivity contribution < 1.29 is 14.3 Å². The lowest BCUT2D eigenvalue weighted by Crippen LogP contribution is -2.15. The molecule has 1 unspecified atom stereocenters. The molecular weight excluding hydrogens is 314 g/mol. The lowest BCUT2D eigenvalue weighted by Gasteiger charge is -2.14. The van der Waals surface area contributed by atoms with E-state index in [-0.39, 0.29) is 6.42 Å². The molecule has 0 saturated carbocycles. The van der Waals surface area contributed by atoms with E-state index in [2.05, 4.69) is 0 Å². The van der Waals surface area contributed by atoms with Crippen molar-refractivity contribution in [2.24, 2.45) is 0 Å². The molecule has 2 aromatic rings. The van der Waals surface area contributed by atoms with Gasteiger partial charge in [-0.2, -0.15) is 0 Å². The second kappa shape index (κ2) is 6.46. The summed E-state index contributed by atoms with van der Waals surface area (Å²) in [6, 6.07) is 9.36. The normalized spacial score (nSPS) is 12.2. The van der Waals surface area contributed by atoms with Crippen molar-refractivity contribution in [3.63, 3.8) is 0 Å². The summed E-state index contributed by atoms with van der Waals surface area (Å²) in [4.78, 5) is 11.5. The third kappa shape index (κ3) is 3.74. The predicted molar refractivity (Wildman–Crippen MR) is 81.7 cm³/mol. The Morgan fingerprint density at radius 2 is 1.95 bits per heavy atom. The number of aliphatic carboxylic acids is 1. The van der Waals surface area contributed by atoms with E-state index in [4.69, 9.17) is 23.2 Å². The molecule has 0 fully saturated rings. The molecule has 0 heterocycles. The molecule has 0 bridgehead atoms. The molecule has 21 heavy (non-hydrogen) atoms. The van der Waals surface area contributed by atoms with E-state index in [9.17, 15) is 14.3 Å². The van der Waals surface area contributed by atoms with Crippen LogP contribution < -0.4 is 0 Å². The van der Waals surface area contributed by atoms with Crippen LogP contribution in [0.2, 0.25) is 10.0 Å². The minimum absolute atomic E-state index is 0.174. The van der Waals surface area contributed by atoms with Crippen molar-refractivity contribution >= 4 is 29.2 Å². The summed E-state index contributed by atoms with van der Waals surface area (Å²) >= 11 is 11.9. The monoisotopic (exact) mass is 326 g/mol. The summed E-state index contributed by atoms with van der Waals surface area (Å²) in [5, 5.41) is 10.3. The Bertz CT molecular complexity index is 686. The molecule has 0 radical (unpaired) electrons. The Labute approximate surface area is 132 Å². The molecule has 2 aromatic carbocycles. The van der Waals surface area contributed by atoms with Gasteiger partial charge in [0.1, 0.15) is 5.82 Å². The molecule has 0 aliphatic heterocycles. The van der Waals surface area contributed by atoms with Gasteiger partial charge in [0.25, 0.3) is 0 Å². The number of carboxylic acid groups (broad SMARTS) is 1. The van der Waals surface area contributed by atoms with Gasteiger partial charge in [0, 0.05) is 10.0 Å². The van der Waals surface area contributed by atoms with Crippen LogP contribution in [0.5, 0.6) is 0 Å². The fourth-order valence-electron chi connectivity index (χ4n) is 2.08. The zero-order chi connectivity index (χ0) is 15.6. The summed E-state index contributed by atoms with van der Waals surface area (Å²) in [6.45, 7) is 1.63. The first-order valence-electron chi connectivity index (χ1n) is 6.31. The van der Waals surface area contributed by atoms with Gasteiger partial charge >= 0.3 is 5.97 Å². The van der Waals surface area contributed by atoms with Crippen LogP contribution in [0.4, 0.5) is 4.39 Å². The highest BCUT2D eigenvalue weighted by Gasteiger charge is 2.22. The van der Waals surface area contributed by atoms with E-state index in [1.54, 1.807) is 37.3 Å². The molecule has 0 aromatic heterocycles. The van der Waals surface area contributed by atoms with E-state index >= 15 is 0 Å². The quantitative estimate of drug-likeness (QED) is 0.871. The Morgan fingerprint density at radius 3 is 2.52 bits per heavy atom. The van der Waals surface area contributed by atoms with Crippen LogP contribution in [-0.2, 0) is 11.2 Å². The van der Waals surface area contributed by atoms with E-state index in [1.165, 1.54) is 6.07 Å². The van der Waals surface area contributed by atoms with Crippen molar-refractivity contribution in [1.82, 2.24) is 0 Å². The molecule has 0 amide bonds. The Morgan fingerprint density at radius 1 is 1.24 bits per heavy atom. The Balaban J connectivity index is 2.35. The number of carboxylic acids is 1. The molecule has 1 atom stereocenters. The molecular formula is C16H13Cl2FO2. The van der Waals surface area contributed by atoms with Crippen molar-refractivity contribution in [3.05, 3.63) is 69.0 Å². The predicted octanol–water partition coefficient (Wildman–Crippen LogP) is 4.85. The summed E-state index contributed by atoms with van der Waals surface area (Å²) < 4.78 is 13.6. The number of hydrogen-bond donors (Lipinski definition) is 1. The number of benzene rings is 2. The highest BCUT2D eigenvalue weighted by molar-refractivity contribution is 6.35. The number of halogens is 3. The van der Waals surface area contributed by atoms with E-state index in [0.29, 0.717) is 26.7 Å². The number of hydrogen-bond acceptors (Lipinski definition) is 1. The van der Waals surface area contributed by atoms with Crippen molar-refractivity contribution in [2.45, 2.75) is 19.3 Å². The maximum Gasteiger partial charge on any atom is 0.311 e. The minimum atomic E-state index is -1.02. The van der Waals surface area contributed by atoms with Crippen molar-refractivity contribution in [2.75, 3.05) is 0 Å². The summed E-state index contributed by atoms with van der Waals surface area (Å²) in [7, 11) is 0. The van der Waals surface area contributed by atoms with Gasteiger partial charge in [-0.15, -0.1) is 0 Å². The average molecular weight is 327 g/mol. The molecule has 0 aliphatic carbocycles. The lowest BCUT2D eigenvalue weighted by molar-refractivity contribution is -0.138. The zero-order valence-corrected chi connectivity index (χ0v) is 12.7. The van der Waals surface area contributed by atoms with Gasteiger partial charge in [-0.3, -0.25) is 4.79 Å². The molecule has 5 heteroatoms. The molecule has 0 spiro atoms. The Hall–Kier alpha value is -1.58. The van der Waals surface area contributed by atoms with Gasteiger partial charge in [0.05, 0.1) is 5.92 Å². The maximum absolute atomic E-state index is 13.6. The third-order valence-corrected chi connectivity index (χ3v) is 3.92. The van der Waals surface area contributed by atoms with Crippen LogP contribution in [0.1, 0.15) is 22.6 Å². The van der Waals surface area contributed by atoms with E-state index in [1.807, 2.05) is 0 Å². The van der Waals surface area contributed by atoms with Crippen LogP contribution in [0, 0.1) is 12.7 Å². The minimum Gasteiger partial charge on any atom is -0.481 e. The average Bonchev–Trinajstić information content (AvgIpc) is 2.41. The fourth-order valence-corrected chi connectivity index (χ4v) is 2.57. The van der Waals surface area contributed by atoms with Crippen molar-refractivity contribution in [1.29, 1.82) is 0 Å². The largest absolute Gasteiger partial charge is 0.481 e. The summed E-state index contributed by atoms with van der Waals surface area (Å²) in [5.41, 5.74) is 1.55. The van der Waals surface area contributed by atoms with Gasteiger partial charge in [-0.25, -0.2) is 4.39 Å². The SMILES string of the molecule is Cc1ccc(C(Cc2ccc(Cl)cc2Cl)C(=O)O)cc1F. The maximum atomic E-state index is 13.6. The van der Waals surface area contributed by atoms with Crippen molar-refractivity contribution in [3.8, 4) is 0 Å². The molecule has 110 valence electrons. The zero-order valence-electron chi connectivity index (χ0n) is 11.2. The van der Waals surface area contributed by atoms with E-state index < -0.39 is 17.7 Å². The third-order valence-electron chi connectivity index (χ3n) is 3.34. The van der Waals surface area contributed by atoms with Gasteiger partial charge in [-0.1, -0.05) is 41.4 Å². The molecule has 0 aliphatic rings. The van der Waals surface area contributed by atoms with Gasteiger partial charge in [0.15, 0.2) is 0 Å².